The van der Waals surface area contributed by atoms with Crippen LogP contribution in [0, 0.1) is 11.6 Å². The highest BCUT2D eigenvalue weighted by atomic mass is 79.9. The van der Waals surface area contributed by atoms with Crippen LogP contribution in [0.1, 0.15) is 5.56 Å². The third kappa shape index (κ3) is 2.28. The first-order valence-electron chi connectivity index (χ1n) is 5.82. The van der Waals surface area contributed by atoms with Gasteiger partial charge in [0.2, 0.25) is 0 Å². The summed E-state index contributed by atoms with van der Waals surface area (Å²) in [5.41, 5.74) is 1.78. The van der Waals surface area contributed by atoms with Crippen molar-refractivity contribution in [1.29, 1.82) is 0 Å². The van der Waals surface area contributed by atoms with Crippen molar-refractivity contribution >= 4 is 26.8 Å². The van der Waals surface area contributed by atoms with E-state index in [-0.39, 0.29) is 11.6 Å². The van der Waals surface area contributed by atoms with Gasteiger partial charge in [0.25, 0.3) is 0 Å². The standard InChI is InChI=1S/C15H10BrF2N/c16-15-11(2-1-3-13(15)18)9-19-7-6-10-8-12(17)4-5-14(10)19/h1-8H,9H2. The Morgan fingerprint density at radius 1 is 1.05 bits per heavy atom. The predicted octanol–water partition coefficient (Wildman–Crippen LogP) is 4.73. The van der Waals surface area contributed by atoms with Crippen LogP contribution < -0.4 is 0 Å². The normalized spacial score (nSPS) is 11.1. The van der Waals surface area contributed by atoms with E-state index >= 15 is 0 Å². The lowest BCUT2D eigenvalue weighted by Gasteiger charge is -2.08. The van der Waals surface area contributed by atoms with Crippen LogP contribution in [0.4, 0.5) is 8.78 Å². The zero-order chi connectivity index (χ0) is 13.4. The van der Waals surface area contributed by atoms with Gasteiger partial charge in [-0.15, -0.1) is 0 Å². The molecule has 0 saturated heterocycles. The Balaban J connectivity index is 2.04. The van der Waals surface area contributed by atoms with Crippen LogP contribution in [-0.2, 0) is 6.54 Å². The SMILES string of the molecule is Fc1ccc2c(ccn2Cc2cccc(F)c2Br)c1. The molecule has 0 amide bonds. The molecule has 2 aromatic carbocycles. The topological polar surface area (TPSA) is 4.93 Å². The smallest absolute Gasteiger partial charge is 0.137 e. The van der Waals surface area contributed by atoms with Crippen LogP contribution in [-0.4, -0.2) is 4.57 Å². The van der Waals surface area contributed by atoms with Gasteiger partial charge in [-0.05, 0) is 51.8 Å². The van der Waals surface area contributed by atoms with Crippen LogP contribution >= 0.6 is 15.9 Å². The molecule has 0 aliphatic carbocycles. The highest BCUT2D eigenvalue weighted by Gasteiger charge is 2.08. The Bertz CT molecular complexity index is 749. The van der Waals surface area contributed by atoms with Gasteiger partial charge in [0.1, 0.15) is 11.6 Å². The number of halogens is 3. The maximum Gasteiger partial charge on any atom is 0.137 e. The minimum Gasteiger partial charge on any atom is -0.343 e. The maximum atomic E-state index is 13.5. The van der Waals surface area contributed by atoms with Crippen LogP contribution in [0.2, 0.25) is 0 Å². The molecule has 0 atom stereocenters. The van der Waals surface area contributed by atoms with Gasteiger partial charge >= 0.3 is 0 Å². The molecule has 1 heterocycles. The molecular formula is C15H10BrF2N. The number of fused-ring (bicyclic) bond motifs is 1. The first-order chi connectivity index (χ1) is 9.15. The number of hydrogen-bond acceptors (Lipinski definition) is 0. The monoisotopic (exact) mass is 321 g/mol. The third-order valence-corrected chi connectivity index (χ3v) is 3.99. The summed E-state index contributed by atoms with van der Waals surface area (Å²) in [5, 5.41) is 0.840. The molecule has 1 nitrogen and oxygen atoms in total. The van der Waals surface area contributed by atoms with E-state index in [1.807, 2.05) is 22.9 Å². The summed E-state index contributed by atoms with van der Waals surface area (Å²) >= 11 is 3.25. The summed E-state index contributed by atoms with van der Waals surface area (Å²) in [6.07, 6.45) is 1.88. The number of nitrogens with zero attached hydrogens (tertiary/aromatic N) is 1. The van der Waals surface area contributed by atoms with Crippen molar-refractivity contribution in [2.24, 2.45) is 0 Å². The van der Waals surface area contributed by atoms with Gasteiger partial charge in [-0.25, -0.2) is 8.78 Å². The Morgan fingerprint density at radius 3 is 2.74 bits per heavy atom. The van der Waals surface area contributed by atoms with Crippen molar-refractivity contribution < 1.29 is 8.78 Å². The first kappa shape index (κ1) is 12.4. The zero-order valence-corrected chi connectivity index (χ0v) is 11.5. The lowest BCUT2D eigenvalue weighted by atomic mass is 10.2. The Hall–Kier alpha value is -1.68. The Kier molecular flexibility index (Phi) is 3.11. The van der Waals surface area contributed by atoms with E-state index in [0.29, 0.717) is 11.0 Å². The fourth-order valence-electron chi connectivity index (χ4n) is 2.16. The maximum absolute atomic E-state index is 13.5. The van der Waals surface area contributed by atoms with E-state index < -0.39 is 0 Å². The van der Waals surface area contributed by atoms with Gasteiger partial charge in [-0.3, -0.25) is 0 Å². The molecule has 0 fully saturated rings. The van der Waals surface area contributed by atoms with Crippen molar-refractivity contribution in [2.45, 2.75) is 6.54 Å². The van der Waals surface area contributed by atoms with E-state index in [9.17, 15) is 8.78 Å². The summed E-state index contributed by atoms with van der Waals surface area (Å²) in [6, 6.07) is 11.5. The van der Waals surface area contributed by atoms with Crippen molar-refractivity contribution in [1.82, 2.24) is 4.57 Å². The molecule has 0 radical (unpaired) electrons. The van der Waals surface area contributed by atoms with E-state index in [1.54, 1.807) is 12.1 Å². The van der Waals surface area contributed by atoms with Gasteiger partial charge in [0.05, 0.1) is 4.47 Å². The summed E-state index contributed by atoms with van der Waals surface area (Å²) < 4.78 is 29.0. The molecule has 0 N–H and O–H groups in total. The van der Waals surface area contributed by atoms with Crippen molar-refractivity contribution in [3.8, 4) is 0 Å². The first-order valence-corrected chi connectivity index (χ1v) is 6.62. The molecule has 0 aliphatic heterocycles. The van der Waals surface area contributed by atoms with E-state index in [4.69, 9.17) is 0 Å². The quantitative estimate of drug-likeness (QED) is 0.643. The van der Waals surface area contributed by atoms with Gasteiger partial charge in [-0.1, -0.05) is 12.1 Å². The van der Waals surface area contributed by atoms with Crippen molar-refractivity contribution in [3.63, 3.8) is 0 Å². The predicted molar refractivity (Wildman–Crippen MR) is 75.1 cm³/mol. The molecule has 0 bridgehead atoms. The second-order valence-electron chi connectivity index (χ2n) is 4.36. The van der Waals surface area contributed by atoms with Crippen LogP contribution in [0.5, 0.6) is 0 Å². The molecule has 0 aliphatic rings. The molecule has 3 aromatic rings. The average Bonchev–Trinajstić information content (AvgIpc) is 2.77. The fourth-order valence-corrected chi connectivity index (χ4v) is 2.55. The van der Waals surface area contributed by atoms with Crippen LogP contribution in [0.25, 0.3) is 10.9 Å². The second-order valence-corrected chi connectivity index (χ2v) is 5.15. The van der Waals surface area contributed by atoms with Crippen molar-refractivity contribution in [2.75, 3.05) is 0 Å². The average molecular weight is 322 g/mol. The molecule has 4 heteroatoms. The fraction of sp³-hybridized carbons (Fsp3) is 0.0667. The van der Waals surface area contributed by atoms with Gasteiger partial charge in [-0.2, -0.15) is 0 Å². The van der Waals surface area contributed by atoms with E-state index in [2.05, 4.69) is 15.9 Å². The molecule has 3 rings (SSSR count). The van der Waals surface area contributed by atoms with Crippen LogP contribution in [0.15, 0.2) is 53.1 Å². The highest BCUT2D eigenvalue weighted by molar-refractivity contribution is 9.10. The summed E-state index contributed by atoms with van der Waals surface area (Å²) in [4.78, 5) is 0. The summed E-state index contributed by atoms with van der Waals surface area (Å²) in [6.45, 7) is 0.535. The number of hydrogen-bond donors (Lipinski definition) is 0. The summed E-state index contributed by atoms with van der Waals surface area (Å²) in [5.74, 6) is -0.530. The van der Waals surface area contributed by atoms with Gasteiger partial charge in [0, 0.05) is 23.6 Å². The Morgan fingerprint density at radius 2 is 1.89 bits per heavy atom. The van der Waals surface area contributed by atoms with Crippen LogP contribution in [0.3, 0.4) is 0 Å². The molecule has 1 aromatic heterocycles. The van der Waals surface area contributed by atoms with Gasteiger partial charge in [0.15, 0.2) is 0 Å². The minimum atomic E-state index is -0.278. The second kappa shape index (κ2) is 4.78. The third-order valence-electron chi connectivity index (χ3n) is 3.11. The zero-order valence-electron chi connectivity index (χ0n) is 9.91. The molecule has 19 heavy (non-hydrogen) atoms. The molecule has 0 unspecified atom stereocenters. The molecule has 96 valence electrons. The lowest BCUT2D eigenvalue weighted by Crippen LogP contribution is -1.99. The molecular weight excluding hydrogens is 312 g/mol. The number of rotatable bonds is 2. The van der Waals surface area contributed by atoms with E-state index in [0.717, 1.165) is 16.5 Å². The minimum absolute atomic E-state index is 0.253. The van der Waals surface area contributed by atoms with Gasteiger partial charge < -0.3 is 4.57 Å². The number of benzene rings is 2. The Labute approximate surface area is 117 Å². The largest absolute Gasteiger partial charge is 0.343 e. The molecule has 0 saturated carbocycles. The highest BCUT2D eigenvalue weighted by Crippen LogP contribution is 2.24. The van der Waals surface area contributed by atoms with Crippen molar-refractivity contribution in [3.05, 3.63) is 70.3 Å². The number of aromatic nitrogens is 1. The van der Waals surface area contributed by atoms with E-state index in [1.165, 1.54) is 18.2 Å². The lowest BCUT2D eigenvalue weighted by molar-refractivity contribution is 0.616. The summed E-state index contributed by atoms with van der Waals surface area (Å²) in [7, 11) is 0. The molecule has 0 spiro atoms.